The van der Waals surface area contributed by atoms with Gasteiger partial charge in [-0.2, -0.15) is 10.4 Å². The predicted molar refractivity (Wildman–Crippen MR) is 117 cm³/mol. The number of ketones is 1. The molecule has 0 spiro atoms. The zero-order chi connectivity index (χ0) is 22.3. The maximum Gasteiger partial charge on any atom is 0.203 e. The van der Waals surface area contributed by atoms with Gasteiger partial charge in [0.1, 0.15) is 11.6 Å². The van der Waals surface area contributed by atoms with E-state index in [-0.39, 0.29) is 34.3 Å². The minimum absolute atomic E-state index is 0.0218. The second-order valence-electron chi connectivity index (χ2n) is 8.91. The van der Waals surface area contributed by atoms with Crippen LogP contribution < -0.4 is 0 Å². The largest absolute Gasteiger partial charge is 0.288 e. The van der Waals surface area contributed by atoms with Gasteiger partial charge in [0.15, 0.2) is 9.84 Å². The number of benzene rings is 1. The second kappa shape index (κ2) is 7.84. The molecule has 1 aromatic heterocycles. The number of aromatic nitrogens is 2. The SMILES string of the molecule is Cc1nn([C@@H]2CCS(=O)(=O)C2)c(C)c1/C=C(\C#N)C(=O)c1ccc(C(C)(C)C)cc1. The minimum Gasteiger partial charge on any atom is -0.288 e. The first kappa shape index (κ1) is 22.0. The Morgan fingerprint density at radius 1 is 1.23 bits per heavy atom. The lowest BCUT2D eigenvalue weighted by Crippen LogP contribution is -2.14. The molecule has 2 aromatic rings. The highest BCUT2D eigenvalue weighted by Gasteiger charge is 2.31. The summed E-state index contributed by atoms with van der Waals surface area (Å²) < 4.78 is 25.4. The van der Waals surface area contributed by atoms with Crippen LogP contribution in [0, 0.1) is 25.2 Å². The number of sulfone groups is 1. The van der Waals surface area contributed by atoms with E-state index in [0.717, 1.165) is 11.3 Å². The fraction of sp³-hybridized carbons (Fsp3) is 0.435. The highest BCUT2D eigenvalue weighted by Crippen LogP contribution is 2.28. The Morgan fingerprint density at radius 2 is 1.87 bits per heavy atom. The molecule has 0 radical (unpaired) electrons. The number of Topliss-reactive ketones (excluding diaryl/α,β-unsaturated/α-hetero) is 1. The van der Waals surface area contributed by atoms with Crippen LogP contribution in [0.4, 0.5) is 0 Å². The van der Waals surface area contributed by atoms with E-state index < -0.39 is 9.84 Å². The van der Waals surface area contributed by atoms with Gasteiger partial charge in [0, 0.05) is 16.8 Å². The Balaban J connectivity index is 1.93. The van der Waals surface area contributed by atoms with Crippen molar-refractivity contribution in [2.45, 2.75) is 52.5 Å². The van der Waals surface area contributed by atoms with Gasteiger partial charge in [-0.15, -0.1) is 0 Å². The summed E-state index contributed by atoms with van der Waals surface area (Å²) in [6.45, 7) is 9.94. The van der Waals surface area contributed by atoms with Crippen LogP contribution in [0.3, 0.4) is 0 Å². The van der Waals surface area contributed by atoms with E-state index in [2.05, 4.69) is 25.9 Å². The van der Waals surface area contributed by atoms with Gasteiger partial charge in [-0.25, -0.2) is 8.42 Å². The lowest BCUT2D eigenvalue weighted by Gasteiger charge is -2.18. The Hall–Kier alpha value is -2.72. The van der Waals surface area contributed by atoms with Crippen LogP contribution in [0.15, 0.2) is 29.8 Å². The smallest absolute Gasteiger partial charge is 0.203 e. The molecule has 1 saturated heterocycles. The lowest BCUT2D eigenvalue weighted by atomic mass is 9.86. The summed E-state index contributed by atoms with van der Waals surface area (Å²) in [6, 6.07) is 9.14. The fourth-order valence-electron chi connectivity index (χ4n) is 3.78. The maximum absolute atomic E-state index is 12.9. The number of rotatable bonds is 4. The Bertz CT molecular complexity index is 1160. The van der Waals surface area contributed by atoms with Crippen molar-refractivity contribution in [2.24, 2.45) is 0 Å². The molecule has 1 aromatic carbocycles. The van der Waals surface area contributed by atoms with Gasteiger partial charge >= 0.3 is 0 Å². The number of carbonyl (C=O) groups excluding carboxylic acids is 1. The second-order valence-corrected chi connectivity index (χ2v) is 11.1. The Labute approximate surface area is 178 Å². The molecule has 1 fully saturated rings. The molecule has 0 amide bonds. The van der Waals surface area contributed by atoms with Crippen LogP contribution in [0.5, 0.6) is 0 Å². The van der Waals surface area contributed by atoms with Gasteiger partial charge in [-0.3, -0.25) is 9.48 Å². The molecule has 158 valence electrons. The van der Waals surface area contributed by atoms with Gasteiger partial charge in [0.05, 0.1) is 23.2 Å². The van der Waals surface area contributed by atoms with E-state index in [1.807, 2.05) is 25.1 Å². The van der Waals surface area contributed by atoms with Crippen LogP contribution in [-0.2, 0) is 15.3 Å². The minimum atomic E-state index is -3.04. The fourth-order valence-corrected chi connectivity index (χ4v) is 5.47. The van der Waals surface area contributed by atoms with Crippen molar-refractivity contribution < 1.29 is 13.2 Å². The summed E-state index contributed by atoms with van der Waals surface area (Å²) in [5.74, 6) is -0.108. The lowest BCUT2D eigenvalue weighted by molar-refractivity contribution is 0.104. The molecule has 0 N–H and O–H groups in total. The molecule has 1 aliphatic rings. The predicted octanol–water partition coefficient (Wildman–Crippen LogP) is 3.95. The van der Waals surface area contributed by atoms with Gasteiger partial charge in [0.25, 0.3) is 0 Å². The van der Waals surface area contributed by atoms with E-state index in [1.54, 1.807) is 29.8 Å². The van der Waals surface area contributed by atoms with E-state index in [0.29, 0.717) is 23.2 Å². The highest BCUT2D eigenvalue weighted by molar-refractivity contribution is 7.91. The molecule has 6 nitrogen and oxygen atoms in total. The standard InChI is InChI=1S/C23H27N3O3S/c1-15-21(16(2)26(25-15)20-10-11-30(28,29)14-20)12-18(13-24)22(27)17-6-8-19(9-7-17)23(3,4)5/h6-9,12,20H,10-11,14H2,1-5H3/b18-12+/t20-/m1/s1. The Kier molecular flexibility index (Phi) is 5.74. The number of allylic oxidation sites excluding steroid dienone is 1. The molecule has 2 heterocycles. The van der Waals surface area contributed by atoms with E-state index in [4.69, 9.17) is 0 Å². The summed E-state index contributed by atoms with van der Waals surface area (Å²) in [4.78, 5) is 12.9. The third-order valence-electron chi connectivity index (χ3n) is 5.60. The van der Waals surface area contributed by atoms with E-state index in [9.17, 15) is 18.5 Å². The number of nitrogens with zero attached hydrogens (tertiary/aromatic N) is 3. The number of aryl methyl sites for hydroxylation is 1. The molecular formula is C23H27N3O3S. The highest BCUT2D eigenvalue weighted by atomic mass is 32.2. The quantitative estimate of drug-likeness (QED) is 0.420. The van der Waals surface area contributed by atoms with Crippen molar-refractivity contribution in [3.05, 3.63) is 57.9 Å². The topological polar surface area (TPSA) is 92.8 Å². The summed E-state index contributed by atoms with van der Waals surface area (Å²) >= 11 is 0. The third-order valence-corrected chi connectivity index (χ3v) is 7.35. The van der Waals surface area contributed by atoms with Gasteiger partial charge < -0.3 is 0 Å². The van der Waals surface area contributed by atoms with Crippen LogP contribution in [-0.4, -0.2) is 35.5 Å². The van der Waals surface area contributed by atoms with Crippen molar-refractivity contribution in [1.82, 2.24) is 9.78 Å². The monoisotopic (exact) mass is 425 g/mol. The van der Waals surface area contributed by atoms with Gasteiger partial charge in [-0.05, 0) is 37.3 Å². The first-order valence-corrected chi connectivity index (χ1v) is 11.8. The number of hydrogen-bond acceptors (Lipinski definition) is 5. The zero-order valence-corrected chi connectivity index (χ0v) is 18.9. The number of nitriles is 1. The van der Waals surface area contributed by atoms with Crippen molar-refractivity contribution in [3.63, 3.8) is 0 Å². The summed E-state index contributed by atoms with van der Waals surface area (Å²) in [7, 11) is -3.04. The maximum atomic E-state index is 12.9. The van der Waals surface area contributed by atoms with Crippen molar-refractivity contribution in [2.75, 3.05) is 11.5 Å². The van der Waals surface area contributed by atoms with Crippen molar-refractivity contribution >= 4 is 21.7 Å². The molecular weight excluding hydrogens is 398 g/mol. The molecule has 3 rings (SSSR count). The van der Waals surface area contributed by atoms with Gasteiger partial charge in [0.2, 0.25) is 5.78 Å². The molecule has 1 atom stereocenters. The van der Waals surface area contributed by atoms with E-state index >= 15 is 0 Å². The average molecular weight is 426 g/mol. The Morgan fingerprint density at radius 3 is 2.37 bits per heavy atom. The molecule has 7 heteroatoms. The van der Waals surface area contributed by atoms with Gasteiger partial charge in [-0.1, -0.05) is 45.0 Å². The van der Waals surface area contributed by atoms with Crippen LogP contribution in [0.2, 0.25) is 0 Å². The molecule has 0 saturated carbocycles. The van der Waals surface area contributed by atoms with E-state index in [1.165, 1.54) is 0 Å². The normalized spacial score (nSPS) is 18.9. The van der Waals surface area contributed by atoms with Crippen LogP contribution >= 0.6 is 0 Å². The van der Waals surface area contributed by atoms with Crippen LogP contribution in [0.1, 0.15) is 66.1 Å². The summed E-state index contributed by atoms with van der Waals surface area (Å²) in [5, 5.41) is 14.1. The summed E-state index contributed by atoms with van der Waals surface area (Å²) in [6.07, 6.45) is 2.09. The van der Waals surface area contributed by atoms with Crippen molar-refractivity contribution in [1.29, 1.82) is 5.26 Å². The molecule has 1 aliphatic heterocycles. The number of carbonyl (C=O) groups is 1. The summed E-state index contributed by atoms with van der Waals surface area (Å²) in [5.41, 5.74) is 3.70. The first-order chi connectivity index (χ1) is 13.9. The molecule has 0 bridgehead atoms. The van der Waals surface area contributed by atoms with Crippen molar-refractivity contribution in [3.8, 4) is 6.07 Å². The molecule has 30 heavy (non-hydrogen) atoms. The third kappa shape index (κ3) is 4.39. The zero-order valence-electron chi connectivity index (χ0n) is 18.1. The first-order valence-electron chi connectivity index (χ1n) is 9.96. The number of hydrogen-bond donors (Lipinski definition) is 0. The average Bonchev–Trinajstić information content (AvgIpc) is 3.17. The molecule has 0 unspecified atom stereocenters. The molecule has 0 aliphatic carbocycles. The van der Waals surface area contributed by atoms with Crippen LogP contribution in [0.25, 0.3) is 6.08 Å².